The number of halogens is 1. The maximum atomic E-state index is 13.2. The lowest BCUT2D eigenvalue weighted by Gasteiger charge is -1.88. The molecule has 2 aromatic heterocycles. The smallest absolute Gasteiger partial charge is 0.256 e. The molecule has 0 bridgehead atoms. The maximum Gasteiger partial charge on any atom is 0.256 e. The SMILES string of the molecule is Cc1cccc2oc(-c3nc4ccc(F)cc4s3)nc12. The Bertz CT molecular complexity index is 942. The third-order valence-corrected chi connectivity index (χ3v) is 4.16. The summed E-state index contributed by atoms with van der Waals surface area (Å²) in [5, 5.41) is 0.668. The molecule has 5 heteroatoms. The number of oxazole rings is 1. The molecule has 20 heavy (non-hydrogen) atoms. The minimum absolute atomic E-state index is 0.263. The van der Waals surface area contributed by atoms with Gasteiger partial charge in [0.05, 0.1) is 10.2 Å². The molecular formula is C15H9FN2OS. The first-order chi connectivity index (χ1) is 9.70. The van der Waals surface area contributed by atoms with Crippen LogP contribution < -0.4 is 0 Å². The second-order valence-electron chi connectivity index (χ2n) is 4.57. The van der Waals surface area contributed by atoms with Crippen molar-refractivity contribution in [1.29, 1.82) is 0 Å². The maximum absolute atomic E-state index is 13.2. The Balaban J connectivity index is 1.94. The largest absolute Gasteiger partial charge is 0.434 e. The fraction of sp³-hybridized carbons (Fsp3) is 0.0667. The number of benzene rings is 2. The molecule has 0 fully saturated rings. The van der Waals surface area contributed by atoms with E-state index in [9.17, 15) is 4.39 Å². The molecule has 0 spiro atoms. The number of rotatable bonds is 1. The number of aromatic nitrogens is 2. The van der Waals surface area contributed by atoms with Gasteiger partial charge >= 0.3 is 0 Å². The van der Waals surface area contributed by atoms with Crippen molar-refractivity contribution < 1.29 is 8.81 Å². The molecule has 3 nitrogen and oxygen atoms in total. The standard InChI is InChI=1S/C15H9FN2OS/c1-8-3-2-4-11-13(8)18-14(19-11)15-17-10-6-5-9(16)7-12(10)20-15/h2-7H,1H3. The van der Waals surface area contributed by atoms with Gasteiger partial charge in [-0.05, 0) is 36.8 Å². The summed E-state index contributed by atoms with van der Waals surface area (Å²) in [4.78, 5) is 8.93. The Labute approximate surface area is 117 Å². The zero-order valence-corrected chi connectivity index (χ0v) is 11.4. The third kappa shape index (κ3) is 1.71. The van der Waals surface area contributed by atoms with Gasteiger partial charge in [-0.2, -0.15) is 0 Å². The first kappa shape index (κ1) is 11.5. The minimum atomic E-state index is -0.263. The Hall–Kier alpha value is -2.27. The van der Waals surface area contributed by atoms with Crippen molar-refractivity contribution in [3.05, 3.63) is 47.8 Å². The van der Waals surface area contributed by atoms with Crippen molar-refractivity contribution in [2.24, 2.45) is 0 Å². The molecule has 0 radical (unpaired) electrons. The average Bonchev–Trinajstić information content (AvgIpc) is 3.01. The van der Waals surface area contributed by atoms with Gasteiger partial charge in [-0.1, -0.05) is 12.1 Å². The average molecular weight is 284 g/mol. The van der Waals surface area contributed by atoms with Gasteiger partial charge in [-0.15, -0.1) is 11.3 Å². The van der Waals surface area contributed by atoms with Crippen LogP contribution in [0.2, 0.25) is 0 Å². The topological polar surface area (TPSA) is 38.9 Å². The molecule has 0 aliphatic carbocycles. The summed E-state index contributed by atoms with van der Waals surface area (Å²) in [6.45, 7) is 1.99. The predicted octanol–water partition coefficient (Wildman–Crippen LogP) is 4.55. The molecule has 4 aromatic rings. The van der Waals surface area contributed by atoms with Gasteiger partial charge in [0.2, 0.25) is 0 Å². The van der Waals surface area contributed by atoms with Gasteiger partial charge in [0.1, 0.15) is 11.3 Å². The second-order valence-corrected chi connectivity index (χ2v) is 5.60. The van der Waals surface area contributed by atoms with Crippen molar-refractivity contribution in [3.63, 3.8) is 0 Å². The van der Waals surface area contributed by atoms with E-state index in [-0.39, 0.29) is 5.82 Å². The molecule has 0 N–H and O–H groups in total. The lowest BCUT2D eigenvalue weighted by Crippen LogP contribution is -1.76. The van der Waals surface area contributed by atoms with Crippen LogP contribution in [0.15, 0.2) is 40.8 Å². The van der Waals surface area contributed by atoms with E-state index in [4.69, 9.17) is 4.42 Å². The van der Waals surface area contributed by atoms with E-state index < -0.39 is 0 Å². The van der Waals surface area contributed by atoms with Crippen molar-refractivity contribution in [2.75, 3.05) is 0 Å². The van der Waals surface area contributed by atoms with Gasteiger partial charge in [0.25, 0.3) is 5.89 Å². The molecular weight excluding hydrogens is 275 g/mol. The van der Waals surface area contributed by atoms with E-state index in [1.165, 1.54) is 23.5 Å². The van der Waals surface area contributed by atoms with E-state index >= 15 is 0 Å². The van der Waals surface area contributed by atoms with Crippen LogP contribution >= 0.6 is 11.3 Å². The Morgan fingerprint density at radius 2 is 2.05 bits per heavy atom. The van der Waals surface area contributed by atoms with Gasteiger partial charge in [-0.25, -0.2) is 14.4 Å². The monoisotopic (exact) mass is 284 g/mol. The molecule has 2 aromatic carbocycles. The zero-order chi connectivity index (χ0) is 13.7. The molecule has 0 aliphatic heterocycles. The van der Waals surface area contributed by atoms with Gasteiger partial charge in [0.15, 0.2) is 10.6 Å². The predicted molar refractivity (Wildman–Crippen MR) is 77.3 cm³/mol. The Morgan fingerprint density at radius 3 is 2.90 bits per heavy atom. The first-order valence-electron chi connectivity index (χ1n) is 6.13. The highest BCUT2D eigenvalue weighted by atomic mass is 32.1. The van der Waals surface area contributed by atoms with Gasteiger partial charge < -0.3 is 4.42 Å². The normalized spacial score (nSPS) is 11.5. The molecule has 98 valence electrons. The molecule has 0 atom stereocenters. The zero-order valence-electron chi connectivity index (χ0n) is 10.6. The molecule has 0 aliphatic rings. The van der Waals surface area contributed by atoms with E-state index in [1.807, 2.05) is 25.1 Å². The highest BCUT2D eigenvalue weighted by molar-refractivity contribution is 7.21. The lowest BCUT2D eigenvalue weighted by atomic mass is 10.2. The van der Waals surface area contributed by atoms with Crippen molar-refractivity contribution in [1.82, 2.24) is 9.97 Å². The van der Waals surface area contributed by atoms with E-state index in [2.05, 4.69) is 9.97 Å². The van der Waals surface area contributed by atoms with Gasteiger partial charge in [0, 0.05) is 0 Å². The van der Waals surface area contributed by atoms with Crippen LogP contribution in [0.25, 0.3) is 32.2 Å². The molecule has 0 saturated heterocycles. The lowest BCUT2D eigenvalue weighted by molar-refractivity contribution is 0.619. The fourth-order valence-corrected chi connectivity index (χ4v) is 3.08. The van der Waals surface area contributed by atoms with Crippen molar-refractivity contribution in [3.8, 4) is 10.9 Å². The van der Waals surface area contributed by atoms with E-state index in [0.717, 1.165) is 26.9 Å². The van der Waals surface area contributed by atoms with Crippen LogP contribution in [0.5, 0.6) is 0 Å². The number of nitrogens with zero attached hydrogens (tertiary/aromatic N) is 2. The number of thiazole rings is 1. The second kappa shape index (κ2) is 4.11. The highest BCUT2D eigenvalue weighted by Crippen LogP contribution is 2.32. The van der Waals surface area contributed by atoms with Crippen LogP contribution in [-0.2, 0) is 0 Å². The highest BCUT2D eigenvalue weighted by Gasteiger charge is 2.14. The van der Waals surface area contributed by atoms with E-state index in [1.54, 1.807) is 6.07 Å². The van der Waals surface area contributed by atoms with Crippen LogP contribution in [0, 0.1) is 12.7 Å². The Kier molecular flexibility index (Phi) is 2.37. The van der Waals surface area contributed by atoms with E-state index in [0.29, 0.717) is 10.9 Å². The summed E-state index contributed by atoms with van der Waals surface area (Å²) in [5.74, 6) is 0.219. The quantitative estimate of drug-likeness (QED) is 0.514. The van der Waals surface area contributed by atoms with Crippen LogP contribution in [0.1, 0.15) is 5.56 Å². The Morgan fingerprint density at radius 1 is 1.15 bits per heavy atom. The molecule has 0 amide bonds. The van der Waals surface area contributed by atoms with Gasteiger partial charge in [-0.3, -0.25) is 0 Å². The number of hydrogen-bond acceptors (Lipinski definition) is 4. The number of fused-ring (bicyclic) bond motifs is 2. The van der Waals surface area contributed by atoms with Crippen LogP contribution in [-0.4, -0.2) is 9.97 Å². The molecule has 0 unspecified atom stereocenters. The van der Waals surface area contributed by atoms with Crippen LogP contribution in [0.4, 0.5) is 4.39 Å². The number of hydrogen-bond donors (Lipinski definition) is 0. The summed E-state index contributed by atoms with van der Waals surface area (Å²) in [6, 6.07) is 10.3. The first-order valence-corrected chi connectivity index (χ1v) is 6.95. The number of aryl methyl sites for hydroxylation is 1. The summed E-state index contributed by atoms with van der Waals surface area (Å²) in [6.07, 6.45) is 0. The molecule has 4 rings (SSSR count). The number of para-hydroxylation sites is 1. The third-order valence-electron chi connectivity index (χ3n) is 3.15. The molecule has 2 heterocycles. The summed E-state index contributed by atoms with van der Waals surface area (Å²) >= 11 is 1.38. The molecule has 0 saturated carbocycles. The minimum Gasteiger partial charge on any atom is -0.434 e. The summed E-state index contributed by atoms with van der Waals surface area (Å²) in [5.41, 5.74) is 3.40. The summed E-state index contributed by atoms with van der Waals surface area (Å²) in [7, 11) is 0. The van der Waals surface area contributed by atoms with Crippen molar-refractivity contribution >= 4 is 32.7 Å². The van der Waals surface area contributed by atoms with Crippen LogP contribution in [0.3, 0.4) is 0 Å². The fourth-order valence-electron chi connectivity index (χ4n) is 2.17. The summed E-state index contributed by atoms with van der Waals surface area (Å²) < 4.78 is 19.7. The van der Waals surface area contributed by atoms with Crippen molar-refractivity contribution in [2.45, 2.75) is 6.92 Å².